The van der Waals surface area contributed by atoms with Crippen molar-refractivity contribution in [2.45, 2.75) is 45.4 Å². The minimum atomic E-state index is -0.133. The van der Waals surface area contributed by atoms with Crippen molar-refractivity contribution in [3.05, 3.63) is 187 Å². The fourth-order valence-electron chi connectivity index (χ4n) is 8.92. The highest BCUT2D eigenvalue weighted by atomic mass is 16.3. The Labute approximate surface area is 323 Å². The molecule has 0 atom stereocenters. The van der Waals surface area contributed by atoms with Crippen molar-refractivity contribution >= 4 is 49.8 Å². The average molecular weight is 710 g/mol. The van der Waals surface area contributed by atoms with Crippen LogP contribution in [0.1, 0.15) is 51.3 Å². The van der Waals surface area contributed by atoms with Gasteiger partial charge in [0.2, 0.25) is 0 Å². The van der Waals surface area contributed by atoms with Gasteiger partial charge >= 0.3 is 0 Å². The van der Waals surface area contributed by atoms with Crippen LogP contribution < -0.4 is 4.90 Å². The van der Waals surface area contributed by atoms with Gasteiger partial charge in [-0.25, -0.2) is 0 Å². The number of nitrogens with zero attached hydrogens (tertiary/aromatic N) is 1. The number of rotatable bonds is 5. The van der Waals surface area contributed by atoms with Crippen LogP contribution in [0.3, 0.4) is 0 Å². The second-order valence-electron chi connectivity index (χ2n) is 16.6. The molecule has 9 aromatic rings. The Hall–Kier alpha value is -6.38. The van der Waals surface area contributed by atoms with Gasteiger partial charge in [-0.15, -0.1) is 0 Å². The van der Waals surface area contributed by atoms with E-state index in [1.807, 2.05) is 6.07 Å². The van der Waals surface area contributed by atoms with E-state index in [2.05, 4.69) is 203 Å². The average Bonchev–Trinajstić information content (AvgIpc) is 3.70. The van der Waals surface area contributed by atoms with Gasteiger partial charge in [-0.1, -0.05) is 162 Å². The van der Waals surface area contributed by atoms with E-state index in [0.717, 1.165) is 39.0 Å². The number of benzene rings is 8. The predicted molar refractivity (Wildman–Crippen MR) is 233 cm³/mol. The highest BCUT2D eigenvalue weighted by Crippen LogP contribution is 2.55. The fraction of sp³-hybridized carbons (Fsp3) is 0.132. The summed E-state index contributed by atoms with van der Waals surface area (Å²) >= 11 is 0. The highest BCUT2D eigenvalue weighted by molar-refractivity contribution is 6.14. The van der Waals surface area contributed by atoms with Crippen molar-refractivity contribution in [2.75, 3.05) is 4.90 Å². The van der Waals surface area contributed by atoms with Crippen LogP contribution in [0.2, 0.25) is 0 Å². The third-order valence-corrected chi connectivity index (χ3v) is 11.8. The van der Waals surface area contributed by atoms with Crippen LogP contribution in [0, 0.1) is 0 Å². The Bertz CT molecular complexity index is 2950. The highest BCUT2D eigenvalue weighted by Gasteiger charge is 2.38. The molecule has 0 spiro atoms. The lowest BCUT2D eigenvalue weighted by atomic mass is 9.79. The van der Waals surface area contributed by atoms with Gasteiger partial charge in [0.05, 0.1) is 16.8 Å². The van der Waals surface area contributed by atoms with E-state index < -0.39 is 0 Å². The number of para-hydroxylation sites is 2. The van der Waals surface area contributed by atoms with Crippen molar-refractivity contribution < 1.29 is 4.42 Å². The number of hydrogen-bond donors (Lipinski definition) is 0. The maximum atomic E-state index is 6.49. The van der Waals surface area contributed by atoms with Gasteiger partial charge in [-0.2, -0.15) is 0 Å². The van der Waals surface area contributed by atoms with Crippen LogP contribution >= 0.6 is 0 Å². The molecule has 266 valence electrons. The van der Waals surface area contributed by atoms with Crippen molar-refractivity contribution in [1.82, 2.24) is 0 Å². The molecule has 0 saturated carbocycles. The molecule has 1 aromatic heterocycles. The first-order valence-electron chi connectivity index (χ1n) is 19.3. The lowest BCUT2D eigenvalue weighted by Gasteiger charge is -2.29. The third-order valence-electron chi connectivity index (χ3n) is 11.8. The molecular formula is C53H43NO. The van der Waals surface area contributed by atoms with Crippen LogP contribution in [-0.4, -0.2) is 0 Å². The van der Waals surface area contributed by atoms with Gasteiger partial charge in [0.15, 0.2) is 0 Å². The van der Waals surface area contributed by atoms with Gasteiger partial charge in [-0.05, 0) is 103 Å². The molecular weight excluding hydrogens is 667 g/mol. The van der Waals surface area contributed by atoms with Crippen molar-refractivity contribution in [2.24, 2.45) is 0 Å². The van der Waals surface area contributed by atoms with E-state index in [-0.39, 0.29) is 10.8 Å². The van der Waals surface area contributed by atoms with E-state index in [1.165, 1.54) is 60.8 Å². The zero-order valence-electron chi connectivity index (χ0n) is 32.0. The first kappa shape index (κ1) is 33.2. The summed E-state index contributed by atoms with van der Waals surface area (Å²) < 4.78 is 6.49. The largest absolute Gasteiger partial charge is 0.456 e. The smallest absolute Gasteiger partial charge is 0.137 e. The van der Waals surface area contributed by atoms with E-state index in [0.29, 0.717) is 0 Å². The number of furan rings is 1. The maximum Gasteiger partial charge on any atom is 0.137 e. The Kier molecular flexibility index (Phi) is 7.44. The minimum Gasteiger partial charge on any atom is -0.456 e. The molecule has 0 amide bonds. The predicted octanol–water partition coefficient (Wildman–Crippen LogP) is 15.1. The van der Waals surface area contributed by atoms with Crippen molar-refractivity contribution in [1.29, 1.82) is 0 Å². The zero-order valence-corrected chi connectivity index (χ0v) is 32.0. The van der Waals surface area contributed by atoms with Crippen molar-refractivity contribution in [3.8, 4) is 33.4 Å². The van der Waals surface area contributed by atoms with Crippen molar-refractivity contribution in [3.63, 3.8) is 0 Å². The maximum absolute atomic E-state index is 6.49. The molecule has 1 aliphatic carbocycles. The van der Waals surface area contributed by atoms with Gasteiger partial charge in [0, 0.05) is 22.1 Å². The summed E-state index contributed by atoms with van der Waals surface area (Å²) in [4.78, 5) is 2.45. The summed E-state index contributed by atoms with van der Waals surface area (Å²) in [5.41, 5.74) is 16.5. The fourth-order valence-corrected chi connectivity index (χ4v) is 8.92. The first-order chi connectivity index (χ1) is 26.7. The summed E-state index contributed by atoms with van der Waals surface area (Å²) in [5.74, 6) is 0. The Morgan fingerprint density at radius 3 is 2.05 bits per heavy atom. The third kappa shape index (κ3) is 5.31. The molecule has 8 aromatic carbocycles. The van der Waals surface area contributed by atoms with Gasteiger partial charge in [0.1, 0.15) is 11.2 Å². The Balaban J connectivity index is 1.23. The topological polar surface area (TPSA) is 16.4 Å². The second-order valence-corrected chi connectivity index (χ2v) is 16.6. The van der Waals surface area contributed by atoms with E-state index in [1.54, 1.807) is 0 Å². The molecule has 2 nitrogen and oxygen atoms in total. The normalized spacial score (nSPS) is 13.3. The molecule has 0 saturated heterocycles. The first-order valence-corrected chi connectivity index (χ1v) is 19.3. The minimum absolute atomic E-state index is 0.0650. The van der Waals surface area contributed by atoms with E-state index >= 15 is 0 Å². The van der Waals surface area contributed by atoms with Gasteiger partial charge < -0.3 is 9.32 Å². The lowest BCUT2D eigenvalue weighted by molar-refractivity contribution is 0.584. The van der Waals surface area contributed by atoms with Crippen LogP contribution in [0.4, 0.5) is 17.1 Å². The standard InChI is InChI=1S/C53H43NO/c1-52(2,3)38-29-30-42-45(33-38)53(4,5)44-22-13-21-41(50(42)44)40-19-8-10-23-46(40)54(47-24-14-26-49-51(47)43-20-9-11-25-48(43)55-49)39-18-12-17-36(32-39)37-28-27-34-15-6-7-16-35(34)31-37/h6-33H,1-5H3. The molecule has 0 fully saturated rings. The molecule has 0 unspecified atom stereocenters. The number of fused-ring (bicyclic) bond motifs is 7. The quantitative estimate of drug-likeness (QED) is 0.177. The molecule has 55 heavy (non-hydrogen) atoms. The summed E-state index contributed by atoms with van der Waals surface area (Å²) in [5, 5.41) is 4.68. The lowest BCUT2D eigenvalue weighted by Crippen LogP contribution is -2.17. The van der Waals surface area contributed by atoms with E-state index in [4.69, 9.17) is 4.42 Å². The number of hydrogen-bond acceptors (Lipinski definition) is 2. The van der Waals surface area contributed by atoms with E-state index in [9.17, 15) is 0 Å². The summed E-state index contributed by atoms with van der Waals surface area (Å²) in [6, 6.07) is 62.2. The summed E-state index contributed by atoms with van der Waals surface area (Å²) in [6.07, 6.45) is 0. The van der Waals surface area contributed by atoms with Crippen LogP contribution in [0.25, 0.3) is 66.1 Å². The zero-order chi connectivity index (χ0) is 37.5. The molecule has 2 heteroatoms. The molecule has 1 heterocycles. The van der Waals surface area contributed by atoms with Crippen LogP contribution in [0.15, 0.2) is 174 Å². The molecule has 0 bridgehead atoms. The van der Waals surface area contributed by atoms with Crippen LogP contribution in [-0.2, 0) is 10.8 Å². The van der Waals surface area contributed by atoms with Crippen LogP contribution in [0.5, 0.6) is 0 Å². The molecule has 10 rings (SSSR count). The molecule has 0 aliphatic heterocycles. The Morgan fingerprint density at radius 2 is 1.18 bits per heavy atom. The molecule has 0 N–H and O–H groups in total. The molecule has 1 aliphatic rings. The Morgan fingerprint density at radius 1 is 0.491 bits per heavy atom. The van der Waals surface area contributed by atoms with Gasteiger partial charge in [0.25, 0.3) is 0 Å². The molecule has 0 radical (unpaired) electrons. The monoisotopic (exact) mass is 709 g/mol. The second kappa shape index (κ2) is 12.3. The number of anilines is 3. The van der Waals surface area contributed by atoms with Gasteiger partial charge in [-0.3, -0.25) is 0 Å². The SMILES string of the molecule is CC(C)(C)c1ccc2c(c1)C(C)(C)c1cccc(-c3ccccc3N(c3cccc(-c4ccc5ccccc5c4)c3)c3cccc4oc5ccccc5c34)c1-2. The summed E-state index contributed by atoms with van der Waals surface area (Å²) in [6.45, 7) is 11.7. The summed E-state index contributed by atoms with van der Waals surface area (Å²) in [7, 11) is 0.